The molecule has 0 aliphatic carbocycles. The molecule has 2 aromatic carbocycles. The highest BCUT2D eigenvalue weighted by atomic mass is 32.2. The minimum atomic E-state index is -4.25. The second-order valence-corrected chi connectivity index (χ2v) is 7.41. The van der Waals surface area contributed by atoms with Crippen LogP contribution >= 0.6 is 0 Å². The first-order chi connectivity index (χ1) is 11.3. The summed E-state index contributed by atoms with van der Waals surface area (Å²) in [5.41, 5.74) is 0.327. The molecule has 2 aromatic rings. The maximum atomic E-state index is 14.3. The Balaban J connectivity index is 2.24. The Bertz CT molecular complexity index is 928. The molecule has 6 nitrogen and oxygen atoms in total. The molecule has 0 radical (unpaired) electrons. The van der Waals surface area contributed by atoms with Gasteiger partial charge in [-0.05, 0) is 37.0 Å². The molecule has 1 aliphatic rings. The van der Waals surface area contributed by atoms with Gasteiger partial charge in [-0.15, -0.1) is 0 Å². The van der Waals surface area contributed by atoms with Crippen molar-refractivity contribution >= 4 is 21.4 Å². The molecule has 0 amide bonds. The fraction of sp³-hybridized carbons (Fsp3) is 0.250. The van der Waals surface area contributed by atoms with Crippen LogP contribution in [0, 0.1) is 22.9 Å². The van der Waals surface area contributed by atoms with Crippen molar-refractivity contribution in [2.24, 2.45) is 0 Å². The van der Waals surface area contributed by atoms with Gasteiger partial charge in [0, 0.05) is 12.6 Å². The summed E-state index contributed by atoms with van der Waals surface area (Å²) < 4.78 is 41.4. The Morgan fingerprint density at radius 3 is 2.62 bits per heavy atom. The Morgan fingerprint density at radius 2 is 1.92 bits per heavy atom. The quantitative estimate of drug-likeness (QED) is 0.629. The number of nitro benzene ring substituents is 1. The van der Waals surface area contributed by atoms with Gasteiger partial charge in [-0.1, -0.05) is 24.3 Å². The van der Waals surface area contributed by atoms with Crippen LogP contribution in [0.3, 0.4) is 0 Å². The number of anilines is 1. The molecule has 0 aromatic heterocycles. The summed E-state index contributed by atoms with van der Waals surface area (Å²) in [7, 11) is -4.25. The van der Waals surface area contributed by atoms with Crippen LogP contribution in [0.25, 0.3) is 0 Å². The Hall–Kier alpha value is -2.48. The first-order valence-electron chi connectivity index (χ1n) is 7.38. The maximum Gasteiger partial charge on any atom is 0.290 e. The molecule has 3 rings (SSSR count). The number of benzene rings is 2. The van der Waals surface area contributed by atoms with E-state index in [0.29, 0.717) is 18.4 Å². The standard InChI is InChI=1S/C16H15FN2O4S/c1-11-5-2-9-14(19(20)21)16(11)24(22,23)18-10-4-7-12-6-3-8-13(17)15(12)18/h2-3,5-6,8-9H,4,7,10H2,1H3. The zero-order valence-electron chi connectivity index (χ0n) is 12.9. The molecule has 0 N–H and O–H groups in total. The van der Waals surface area contributed by atoms with Gasteiger partial charge in [0.05, 0.1) is 10.6 Å². The van der Waals surface area contributed by atoms with Crippen molar-refractivity contribution in [3.8, 4) is 0 Å². The van der Waals surface area contributed by atoms with Crippen LogP contribution in [0.4, 0.5) is 15.8 Å². The van der Waals surface area contributed by atoms with Crippen molar-refractivity contribution in [3.05, 3.63) is 63.5 Å². The summed E-state index contributed by atoms with van der Waals surface area (Å²) in [6, 6.07) is 8.46. The predicted octanol–water partition coefficient (Wildman–Crippen LogP) is 3.18. The summed E-state index contributed by atoms with van der Waals surface area (Å²) in [5.74, 6) is -0.646. The lowest BCUT2D eigenvalue weighted by Gasteiger charge is -2.31. The van der Waals surface area contributed by atoms with Gasteiger partial charge in [0.15, 0.2) is 4.90 Å². The minimum absolute atomic E-state index is 0.0127. The van der Waals surface area contributed by atoms with E-state index in [4.69, 9.17) is 0 Å². The van der Waals surface area contributed by atoms with E-state index in [1.807, 2.05) is 0 Å². The van der Waals surface area contributed by atoms with Crippen LogP contribution in [0.1, 0.15) is 17.5 Å². The van der Waals surface area contributed by atoms with Crippen LogP contribution in [-0.4, -0.2) is 19.9 Å². The third-order valence-electron chi connectivity index (χ3n) is 4.06. The normalized spacial score (nSPS) is 14.3. The number of para-hydroxylation sites is 1. The molecule has 24 heavy (non-hydrogen) atoms. The highest BCUT2D eigenvalue weighted by Gasteiger charge is 2.36. The number of hydrogen-bond donors (Lipinski definition) is 0. The third-order valence-corrected chi connectivity index (χ3v) is 6.06. The van der Waals surface area contributed by atoms with Gasteiger partial charge in [-0.3, -0.25) is 14.4 Å². The molecule has 1 aliphatic heterocycles. The Morgan fingerprint density at radius 1 is 1.21 bits per heavy atom. The van der Waals surface area contributed by atoms with Crippen molar-refractivity contribution in [2.75, 3.05) is 10.8 Å². The maximum absolute atomic E-state index is 14.3. The molecule has 0 saturated heterocycles. The number of fused-ring (bicyclic) bond motifs is 1. The number of nitro groups is 1. The molecule has 0 atom stereocenters. The van der Waals surface area contributed by atoms with Gasteiger partial charge in [0.2, 0.25) is 0 Å². The average Bonchev–Trinajstić information content (AvgIpc) is 2.54. The molecule has 0 unspecified atom stereocenters. The number of rotatable bonds is 3. The van der Waals surface area contributed by atoms with E-state index in [-0.39, 0.29) is 22.7 Å². The van der Waals surface area contributed by atoms with Crippen LogP contribution < -0.4 is 4.31 Å². The molecule has 0 bridgehead atoms. The van der Waals surface area contributed by atoms with Crippen molar-refractivity contribution in [1.29, 1.82) is 0 Å². The summed E-state index contributed by atoms with van der Waals surface area (Å²) in [4.78, 5) is 10.2. The average molecular weight is 350 g/mol. The predicted molar refractivity (Wildman–Crippen MR) is 87.1 cm³/mol. The van der Waals surface area contributed by atoms with Crippen LogP contribution in [0.15, 0.2) is 41.3 Å². The topological polar surface area (TPSA) is 80.5 Å². The lowest BCUT2D eigenvalue weighted by molar-refractivity contribution is -0.387. The smallest absolute Gasteiger partial charge is 0.263 e. The van der Waals surface area contributed by atoms with E-state index in [0.717, 1.165) is 10.4 Å². The van der Waals surface area contributed by atoms with Gasteiger partial charge >= 0.3 is 0 Å². The van der Waals surface area contributed by atoms with Gasteiger partial charge in [0.25, 0.3) is 15.7 Å². The second-order valence-electron chi connectivity index (χ2n) is 5.61. The van der Waals surface area contributed by atoms with Crippen molar-refractivity contribution in [3.63, 3.8) is 0 Å². The molecular weight excluding hydrogens is 335 g/mol. The summed E-state index contributed by atoms with van der Waals surface area (Å²) in [6.07, 6.45) is 1.09. The zero-order chi connectivity index (χ0) is 17.5. The van der Waals surface area contributed by atoms with E-state index >= 15 is 0 Å². The Kier molecular flexibility index (Phi) is 4.00. The monoisotopic (exact) mass is 350 g/mol. The van der Waals surface area contributed by atoms with Crippen LogP contribution in [-0.2, 0) is 16.4 Å². The summed E-state index contributed by atoms with van der Waals surface area (Å²) in [5, 5.41) is 11.3. The number of halogens is 1. The highest BCUT2D eigenvalue weighted by Crippen LogP contribution is 2.37. The SMILES string of the molecule is Cc1cccc([N+](=O)[O-])c1S(=O)(=O)N1CCCc2cccc(F)c21. The molecule has 126 valence electrons. The van der Waals surface area contributed by atoms with E-state index in [1.54, 1.807) is 6.07 Å². The summed E-state index contributed by atoms with van der Waals surface area (Å²) >= 11 is 0. The molecule has 1 heterocycles. The first-order valence-corrected chi connectivity index (χ1v) is 8.82. The van der Waals surface area contributed by atoms with Crippen LogP contribution in [0.5, 0.6) is 0 Å². The molecule has 0 fully saturated rings. The second kappa shape index (κ2) is 5.86. The fourth-order valence-electron chi connectivity index (χ4n) is 3.03. The largest absolute Gasteiger partial charge is 0.290 e. The van der Waals surface area contributed by atoms with Crippen LogP contribution in [0.2, 0.25) is 0 Å². The molecule has 8 heteroatoms. The lowest BCUT2D eigenvalue weighted by atomic mass is 10.0. The van der Waals surface area contributed by atoms with Crippen molar-refractivity contribution in [2.45, 2.75) is 24.7 Å². The number of sulfonamides is 1. The molecular formula is C16H15FN2O4S. The summed E-state index contributed by atoms with van der Waals surface area (Å²) in [6.45, 7) is 1.58. The lowest BCUT2D eigenvalue weighted by Crippen LogP contribution is -2.37. The van der Waals surface area contributed by atoms with Gasteiger partial charge in [-0.25, -0.2) is 12.8 Å². The Labute approximate surface area is 138 Å². The van der Waals surface area contributed by atoms with Gasteiger partial charge in [-0.2, -0.15) is 0 Å². The van der Waals surface area contributed by atoms with E-state index in [2.05, 4.69) is 0 Å². The third kappa shape index (κ3) is 2.52. The van der Waals surface area contributed by atoms with Gasteiger partial charge in [0.1, 0.15) is 5.82 Å². The number of aryl methyl sites for hydroxylation is 2. The van der Waals surface area contributed by atoms with E-state index in [9.17, 15) is 22.9 Å². The number of hydrogen-bond acceptors (Lipinski definition) is 4. The molecule has 0 saturated carbocycles. The molecule has 0 spiro atoms. The minimum Gasteiger partial charge on any atom is -0.263 e. The van der Waals surface area contributed by atoms with E-state index in [1.165, 1.54) is 31.2 Å². The highest BCUT2D eigenvalue weighted by molar-refractivity contribution is 7.93. The fourth-order valence-corrected chi connectivity index (χ4v) is 4.95. The zero-order valence-corrected chi connectivity index (χ0v) is 13.7. The van der Waals surface area contributed by atoms with Crippen molar-refractivity contribution in [1.82, 2.24) is 0 Å². The van der Waals surface area contributed by atoms with Gasteiger partial charge < -0.3 is 0 Å². The van der Waals surface area contributed by atoms with E-state index < -0.39 is 26.5 Å². The number of nitrogens with zero attached hydrogens (tertiary/aromatic N) is 2. The van der Waals surface area contributed by atoms with Crippen molar-refractivity contribution < 1.29 is 17.7 Å². The first kappa shape index (κ1) is 16.4.